The second-order valence-corrected chi connectivity index (χ2v) is 5.36. The van der Waals surface area contributed by atoms with Crippen LogP contribution in [-0.2, 0) is 11.3 Å². The van der Waals surface area contributed by atoms with Gasteiger partial charge in [-0.2, -0.15) is 0 Å². The van der Waals surface area contributed by atoms with E-state index < -0.39 is 11.9 Å². The molecule has 0 bridgehead atoms. The highest BCUT2D eigenvalue weighted by atomic mass is 32.1. The number of thiophene rings is 1. The van der Waals surface area contributed by atoms with Crippen LogP contribution >= 0.6 is 11.3 Å². The first-order chi connectivity index (χ1) is 9.06. The highest BCUT2D eigenvalue weighted by molar-refractivity contribution is 7.13. The molecule has 1 N–H and O–H groups in total. The van der Waals surface area contributed by atoms with Gasteiger partial charge in [0.2, 0.25) is 5.89 Å². The van der Waals surface area contributed by atoms with Gasteiger partial charge in [-0.05, 0) is 18.5 Å². The minimum absolute atomic E-state index is 0.426. The molecule has 0 fully saturated rings. The van der Waals surface area contributed by atoms with Crippen molar-refractivity contribution < 1.29 is 14.3 Å². The van der Waals surface area contributed by atoms with Gasteiger partial charge in [0.05, 0.1) is 17.3 Å². The van der Waals surface area contributed by atoms with Crippen molar-refractivity contribution in [3.63, 3.8) is 0 Å². The van der Waals surface area contributed by atoms with E-state index in [1.165, 1.54) is 11.3 Å². The fraction of sp³-hybridized carbons (Fsp3) is 0.417. The van der Waals surface area contributed by atoms with Crippen molar-refractivity contribution in [1.82, 2.24) is 15.1 Å². The first-order valence-corrected chi connectivity index (χ1v) is 6.72. The van der Waals surface area contributed by atoms with Crippen molar-refractivity contribution in [2.75, 3.05) is 13.6 Å². The van der Waals surface area contributed by atoms with Gasteiger partial charge in [0.25, 0.3) is 5.89 Å². The van der Waals surface area contributed by atoms with Gasteiger partial charge >= 0.3 is 5.97 Å². The molecule has 102 valence electrons. The predicted molar refractivity (Wildman–Crippen MR) is 70.7 cm³/mol. The minimum atomic E-state index is -0.809. The largest absolute Gasteiger partial charge is 0.481 e. The van der Waals surface area contributed by atoms with Crippen LogP contribution in [0.1, 0.15) is 12.8 Å². The molecular formula is C12H15N3O3S. The van der Waals surface area contributed by atoms with Crippen molar-refractivity contribution in [2.45, 2.75) is 13.5 Å². The highest BCUT2D eigenvalue weighted by Crippen LogP contribution is 2.23. The molecule has 2 rings (SSSR count). The Bertz CT molecular complexity index is 538. The second-order valence-electron chi connectivity index (χ2n) is 4.41. The zero-order valence-electron chi connectivity index (χ0n) is 10.7. The molecule has 0 spiro atoms. The van der Waals surface area contributed by atoms with Crippen LogP contribution < -0.4 is 0 Å². The molecule has 2 aromatic heterocycles. The quantitative estimate of drug-likeness (QED) is 0.871. The first-order valence-electron chi connectivity index (χ1n) is 5.84. The summed E-state index contributed by atoms with van der Waals surface area (Å²) in [6.45, 7) is 2.55. The molecule has 0 radical (unpaired) electrons. The Labute approximate surface area is 114 Å². The molecule has 2 aromatic rings. The lowest BCUT2D eigenvalue weighted by molar-refractivity contribution is -0.141. The van der Waals surface area contributed by atoms with Gasteiger partial charge in [0.15, 0.2) is 0 Å². The van der Waals surface area contributed by atoms with E-state index in [4.69, 9.17) is 9.52 Å². The number of carboxylic acids is 1. The third kappa shape index (κ3) is 3.62. The van der Waals surface area contributed by atoms with E-state index in [9.17, 15) is 4.79 Å². The van der Waals surface area contributed by atoms with Crippen molar-refractivity contribution in [3.05, 3.63) is 23.4 Å². The van der Waals surface area contributed by atoms with E-state index in [1.807, 2.05) is 29.5 Å². The number of carbonyl (C=O) groups is 1. The maximum absolute atomic E-state index is 10.8. The summed E-state index contributed by atoms with van der Waals surface area (Å²) in [4.78, 5) is 13.6. The molecule has 0 aliphatic carbocycles. The standard InChI is InChI=1S/C12H15N3O3S/c1-8(12(16)17)6-15(2)7-10-13-14-11(18-10)9-4-3-5-19-9/h3-5,8H,6-7H2,1-2H3,(H,16,17). The van der Waals surface area contributed by atoms with E-state index in [0.717, 1.165) is 4.88 Å². The van der Waals surface area contributed by atoms with Crippen molar-refractivity contribution in [1.29, 1.82) is 0 Å². The number of carboxylic acid groups (broad SMARTS) is 1. The average Bonchev–Trinajstić information content (AvgIpc) is 2.97. The first kappa shape index (κ1) is 13.7. The number of hydrogen-bond acceptors (Lipinski definition) is 6. The molecule has 0 aliphatic heterocycles. The van der Waals surface area contributed by atoms with Crippen LogP contribution in [0, 0.1) is 5.92 Å². The number of aliphatic carboxylic acids is 1. The van der Waals surface area contributed by atoms with Crippen LogP contribution in [0.4, 0.5) is 0 Å². The molecule has 6 nitrogen and oxygen atoms in total. The van der Waals surface area contributed by atoms with Crippen molar-refractivity contribution >= 4 is 17.3 Å². The van der Waals surface area contributed by atoms with Crippen LogP contribution in [0.15, 0.2) is 21.9 Å². The van der Waals surface area contributed by atoms with Gasteiger partial charge < -0.3 is 9.52 Å². The maximum Gasteiger partial charge on any atom is 0.307 e. The van der Waals surface area contributed by atoms with E-state index in [2.05, 4.69) is 10.2 Å². The topological polar surface area (TPSA) is 79.5 Å². The van der Waals surface area contributed by atoms with Crippen LogP contribution in [0.5, 0.6) is 0 Å². The molecule has 1 atom stereocenters. The van der Waals surface area contributed by atoms with E-state index in [-0.39, 0.29) is 0 Å². The summed E-state index contributed by atoms with van der Waals surface area (Å²) in [5.74, 6) is -0.241. The Morgan fingerprint density at radius 1 is 1.58 bits per heavy atom. The molecule has 0 amide bonds. The number of rotatable bonds is 6. The van der Waals surface area contributed by atoms with E-state index in [1.54, 1.807) is 6.92 Å². The average molecular weight is 281 g/mol. The van der Waals surface area contributed by atoms with Gasteiger partial charge in [-0.25, -0.2) is 0 Å². The Hall–Kier alpha value is -1.73. The zero-order chi connectivity index (χ0) is 13.8. The molecule has 7 heteroatoms. The third-order valence-corrected chi connectivity index (χ3v) is 3.47. The predicted octanol–water partition coefficient (Wildman–Crippen LogP) is 1.95. The Kier molecular flexibility index (Phi) is 4.28. The van der Waals surface area contributed by atoms with Crippen LogP contribution in [0.25, 0.3) is 10.8 Å². The maximum atomic E-state index is 10.8. The van der Waals surface area contributed by atoms with Crippen molar-refractivity contribution in [3.8, 4) is 10.8 Å². The van der Waals surface area contributed by atoms with Crippen LogP contribution in [0.3, 0.4) is 0 Å². The molecule has 19 heavy (non-hydrogen) atoms. The van der Waals surface area contributed by atoms with Crippen LogP contribution in [0.2, 0.25) is 0 Å². The van der Waals surface area contributed by atoms with E-state index in [0.29, 0.717) is 24.9 Å². The summed E-state index contributed by atoms with van der Waals surface area (Å²) >= 11 is 1.54. The van der Waals surface area contributed by atoms with Gasteiger partial charge in [0, 0.05) is 6.54 Å². The lowest BCUT2D eigenvalue weighted by atomic mass is 10.2. The zero-order valence-corrected chi connectivity index (χ0v) is 11.6. The molecule has 0 saturated heterocycles. The molecule has 2 heterocycles. The summed E-state index contributed by atoms with van der Waals surface area (Å²) in [5.41, 5.74) is 0. The second kappa shape index (κ2) is 5.94. The normalized spacial score (nSPS) is 12.8. The molecule has 0 aromatic carbocycles. The van der Waals surface area contributed by atoms with Gasteiger partial charge in [-0.15, -0.1) is 21.5 Å². The fourth-order valence-electron chi connectivity index (χ4n) is 1.66. The van der Waals surface area contributed by atoms with E-state index >= 15 is 0 Å². The highest BCUT2D eigenvalue weighted by Gasteiger charge is 2.16. The smallest absolute Gasteiger partial charge is 0.307 e. The third-order valence-electron chi connectivity index (χ3n) is 2.61. The summed E-state index contributed by atoms with van der Waals surface area (Å²) in [5, 5.41) is 18.7. The lowest BCUT2D eigenvalue weighted by Crippen LogP contribution is -2.28. The Balaban J connectivity index is 1.95. The summed E-state index contributed by atoms with van der Waals surface area (Å²) in [7, 11) is 1.83. The summed E-state index contributed by atoms with van der Waals surface area (Å²) < 4.78 is 5.54. The number of aromatic nitrogens is 2. The SMILES string of the molecule is CC(CN(C)Cc1nnc(-c2cccs2)o1)C(=O)O. The fourth-order valence-corrected chi connectivity index (χ4v) is 2.30. The summed E-state index contributed by atoms with van der Waals surface area (Å²) in [6, 6.07) is 3.84. The number of hydrogen-bond donors (Lipinski definition) is 1. The minimum Gasteiger partial charge on any atom is -0.481 e. The van der Waals surface area contributed by atoms with Gasteiger partial charge in [-0.1, -0.05) is 13.0 Å². The van der Waals surface area contributed by atoms with Crippen molar-refractivity contribution in [2.24, 2.45) is 5.92 Å². The number of nitrogens with zero attached hydrogens (tertiary/aromatic N) is 3. The lowest BCUT2D eigenvalue weighted by Gasteiger charge is -2.16. The van der Waals surface area contributed by atoms with Gasteiger partial charge in [-0.3, -0.25) is 9.69 Å². The molecule has 1 unspecified atom stereocenters. The molecular weight excluding hydrogens is 266 g/mol. The Morgan fingerprint density at radius 3 is 3.00 bits per heavy atom. The molecule has 0 aliphatic rings. The molecule has 0 saturated carbocycles. The van der Waals surface area contributed by atoms with Crippen LogP contribution in [-0.4, -0.2) is 39.8 Å². The monoisotopic (exact) mass is 281 g/mol. The van der Waals surface area contributed by atoms with Gasteiger partial charge in [0.1, 0.15) is 0 Å². The Morgan fingerprint density at radius 2 is 2.37 bits per heavy atom. The summed E-state index contributed by atoms with van der Waals surface area (Å²) in [6.07, 6.45) is 0.